The number of benzene rings is 1. The van der Waals surface area contributed by atoms with Gasteiger partial charge < -0.3 is 5.73 Å². The van der Waals surface area contributed by atoms with E-state index in [-0.39, 0.29) is 0 Å². The van der Waals surface area contributed by atoms with Crippen LogP contribution in [0.4, 0.5) is 5.69 Å². The van der Waals surface area contributed by atoms with Gasteiger partial charge in [-0.1, -0.05) is 18.2 Å². The molecule has 2 nitrogen and oxygen atoms in total. The number of nitrogen functional groups attached to an aromatic ring is 1. The molecule has 2 unspecified atom stereocenters. The summed E-state index contributed by atoms with van der Waals surface area (Å²) in [6, 6.07) is 9.14. The number of anilines is 1. The molecule has 0 radical (unpaired) electrons. The van der Waals surface area contributed by atoms with E-state index in [4.69, 9.17) is 5.73 Å². The number of piperidine rings is 1. The maximum atomic E-state index is 5.96. The smallest absolute Gasteiger partial charge is 0.0347 e. The van der Waals surface area contributed by atoms with E-state index in [1.807, 2.05) is 12.1 Å². The lowest BCUT2D eigenvalue weighted by atomic mass is 10.1. The lowest BCUT2D eigenvalue weighted by molar-refractivity contribution is 0.216. The zero-order valence-electron chi connectivity index (χ0n) is 9.73. The molecule has 0 amide bonds. The number of nitrogens with zero attached hydrogens (tertiary/aromatic N) is 1. The fraction of sp³-hybridized carbons (Fsp3) is 0.571. The van der Waals surface area contributed by atoms with E-state index >= 15 is 0 Å². The van der Waals surface area contributed by atoms with Gasteiger partial charge in [0.15, 0.2) is 0 Å². The molecule has 16 heavy (non-hydrogen) atoms. The van der Waals surface area contributed by atoms with Crippen molar-refractivity contribution in [3.05, 3.63) is 29.8 Å². The molecular weight excluding hydrogens is 196 g/mol. The minimum atomic E-state index is 0.884. The fourth-order valence-corrected chi connectivity index (χ4v) is 3.33. The Morgan fingerprint density at radius 3 is 2.81 bits per heavy atom. The summed E-state index contributed by atoms with van der Waals surface area (Å²) in [7, 11) is 0. The van der Waals surface area contributed by atoms with Crippen LogP contribution in [0.2, 0.25) is 0 Å². The molecule has 3 rings (SSSR count). The van der Waals surface area contributed by atoms with Crippen LogP contribution in [0, 0.1) is 5.92 Å². The summed E-state index contributed by atoms with van der Waals surface area (Å²) in [5.41, 5.74) is 8.22. The van der Waals surface area contributed by atoms with Crippen LogP contribution in [0.3, 0.4) is 0 Å². The zero-order chi connectivity index (χ0) is 11.0. The minimum Gasteiger partial charge on any atom is -0.399 e. The van der Waals surface area contributed by atoms with Gasteiger partial charge in [-0.2, -0.15) is 0 Å². The van der Waals surface area contributed by atoms with E-state index in [2.05, 4.69) is 17.0 Å². The van der Waals surface area contributed by atoms with E-state index < -0.39 is 0 Å². The molecule has 2 heteroatoms. The van der Waals surface area contributed by atoms with Gasteiger partial charge in [0.1, 0.15) is 0 Å². The Hall–Kier alpha value is -1.02. The van der Waals surface area contributed by atoms with Gasteiger partial charge in [0, 0.05) is 24.8 Å². The quantitative estimate of drug-likeness (QED) is 0.786. The van der Waals surface area contributed by atoms with Crippen molar-refractivity contribution in [2.24, 2.45) is 5.92 Å². The van der Waals surface area contributed by atoms with Gasteiger partial charge in [-0.15, -0.1) is 0 Å². The molecule has 0 spiro atoms. The third-order valence-electron chi connectivity index (χ3n) is 4.25. The van der Waals surface area contributed by atoms with Gasteiger partial charge in [0.05, 0.1) is 0 Å². The van der Waals surface area contributed by atoms with Crippen molar-refractivity contribution < 1.29 is 0 Å². The minimum absolute atomic E-state index is 0.884. The van der Waals surface area contributed by atoms with Crippen LogP contribution in [-0.4, -0.2) is 24.0 Å². The van der Waals surface area contributed by atoms with Crippen molar-refractivity contribution in [1.82, 2.24) is 4.90 Å². The normalized spacial score (nSPS) is 28.8. The second-order valence-electron chi connectivity index (χ2n) is 5.28. The Labute approximate surface area is 97.4 Å². The first-order chi connectivity index (χ1) is 7.83. The summed E-state index contributed by atoms with van der Waals surface area (Å²) in [5.74, 6) is 0.998. The molecule has 86 valence electrons. The molecule has 2 bridgehead atoms. The van der Waals surface area contributed by atoms with Gasteiger partial charge in [-0.25, -0.2) is 0 Å². The Morgan fingerprint density at radius 1 is 1.25 bits per heavy atom. The number of hydrogen-bond acceptors (Lipinski definition) is 2. The monoisotopic (exact) mass is 216 g/mol. The number of likely N-dealkylation sites (tertiary alicyclic amines) is 1. The first kappa shape index (κ1) is 10.2. The lowest BCUT2D eigenvalue weighted by Crippen LogP contribution is -2.33. The number of hydrogen-bond donors (Lipinski definition) is 1. The second kappa shape index (κ2) is 4.10. The summed E-state index contributed by atoms with van der Waals surface area (Å²) in [5, 5.41) is 0. The highest BCUT2D eigenvalue weighted by Crippen LogP contribution is 2.37. The van der Waals surface area contributed by atoms with Crippen molar-refractivity contribution in [3.63, 3.8) is 0 Å². The molecule has 2 N–H and O–H groups in total. The molecule has 0 aromatic heterocycles. The molecule has 2 fully saturated rings. The van der Waals surface area contributed by atoms with Crippen molar-refractivity contribution in [1.29, 1.82) is 0 Å². The number of para-hydroxylation sites is 1. The Morgan fingerprint density at radius 2 is 2.12 bits per heavy atom. The highest BCUT2D eigenvalue weighted by atomic mass is 15.2. The highest BCUT2D eigenvalue weighted by molar-refractivity contribution is 5.46. The molecule has 1 aliphatic carbocycles. The predicted octanol–water partition coefficient (Wildman–Crippen LogP) is 2.30. The van der Waals surface area contributed by atoms with E-state index in [1.54, 1.807) is 0 Å². The number of fused-ring (bicyclic) bond motifs is 2. The Bertz CT molecular complexity index is 375. The van der Waals surface area contributed by atoms with Crippen molar-refractivity contribution in [2.45, 2.75) is 31.7 Å². The van der Waals surface area contributed by atoms with Gasteiger partial charge in [0.25, 0.3) is 0 Å². The summed E-state index contributed by atoms with van der Waals surface area (Å²) in [4.78, 5) is 2.67. The molecule has 2 aliphatic rings. The van der Waals surface area contributed by atoms with Crippen LogP contribution < -0.4 is 5.73 Å². The molecule has 1 aromatic carbocycles. The average Bonchev–Trinajstić information content (AvgIpc) is 2.90. The van der Waals surface area contributed by atoms with Crippen LogP contribution in [0.25, 0.3) is 0 Å². The third-order valence-corrected chi connectivity index (χ3v) is 4.25. The van der Waals surface area contributed by atoms with Gasteiger partial charge in [0.2, 0.25) is 0 Å². The maximum Gasteiger partial charge on any atom is 0.0347 e. The van der Waals surface area contributed by atoms with Crippen LogP contribution in [0.15, 0.2) is 24.3 Å². The zero-order valence-corrected chi connectivity index (χ0v) is 9.73. The van der Waals surface area contributed by atoms with Crippen LogP contribution in [-0.2, 0) is 6.42 Å². The number of nitrogens with two attached hydrogens (primary N) is 1. The number of rotatable bonds is 3. The summed E-state index contributed by atoms with van der Waals surface area (Å²) in [6.45, 7) is 2.52. The summed E-state index contributed by atoms with van der Waals surface area (Å²) in [6.07, 6.45) is 5.45. The maximum absolute atomic E-state index is 5.96. The third kappa shape index (κ3) is 1.82. The first-order valence-corrected chi connectivity index (χ1v) is 6.40. The van der Waals surface area contributed by atoms with E-state index in [0.717, 1.165) is 24.1 Å². The topological polar surface area (TPSA) is 29.3 Å². The summed E-state index contributed by atoms with van der Waals surface area (Å²) >= 11 is 0. The Kier molecular flexibility index (Phi) is 2.60. The molecule has 1 aromatic rings. The average molecular weight is 216 g/mol. The van der Waals surface area contributed by atoms with Crippen LogP contribution in [0.1, 0.15) is 24.8 Å². The van der Waals surface area contributed by atoms with Crippen LogP contribution in [0.5, 0.6) is 0 Å². The van der Waals surface area contributed by atoms with Crippen molar-refractivity contribution in [2.75, 3.05) is 18.8 Å². The van der Waals surface area contributed by atoms with Crippen molar-refractivity contribution in [3.8, 4) is 0 Å². The molecule has 2 atom stereocenters. The second-order valence-corrected chi connectivity index (χ2v) is 5.28. The molecule has 1 saturated heterocycles. The molecule has 1 aliphatic heterocycles. The fourth-order valence-electron chi connectivity index (χ4n) is 3.33. The summed E-state index contributed by atoms with van der Waals surface area (Å²) < 4.78 is 0. The van der Waals surface area contributed by atoms with Crippen molar-refractivity contribution >= 4 is 5.69 Å². The lowest BCUT2D eigenvalue weighted by Gasteiger charge is -2.26. The van der Waals surface area contributed by atoms with Gasteiger partial charge in [-0.3, -0.25) is 4.90 Å². The molecular formula is C14H20N2. The molecule has 1 saturated carbocycles. The van der Waals surface area contributed by atoms with Crippen LogP contribution >= 0.6 is 0 Å². The SMILES string of the molecule is Nc1ccccc1CCN1CC2CCC1C2. The van der Waals surface area contributed by atoms with Gasteiger partial charge >= 0.3 is 0 Å². The van der Waals surface area contributed by atoms with E-state index in [1.165, 1.54) is 37.9 Å². The highest BCUT2D eigenvalue weighted by Gasteiger charge is 2.37. The largest absolute Gasteiger partial charge is 0.399 e. The van der Waals surface area contributed by atoms with E-state index in [9.17, 15) is 0 Å². The first-order valence-electron chi connectivity index (χ1n) is 6.40. The Balaban J connectivity index is 1.59. The van der Waals surface area contributed by atoms with Gasteiger partial charge in [-0.05, 0) is 43.2 Å². The standard InChI is InChI=1S/C14H20N2/c15-14-4-2-1-3-12(14)7-8-16-10-11-5-6-13(16)9-11/h1-4,11,13H,5-10,15H2. The molecule has 1 heterocycles. The predicted molar refractivity (Wildman–Crippen MR) is 67.3 cm³/mol. The van der Waals surface area contributed by atoms with E-state index in [0.29, 0.717) is 0 Å².